The van der Waals surface area contributed by atoms with Crippen LogP contribution in [-0.4, -0.2) is 36.0 Å². The van der Waals surface area contributed by atoms with E-state index in [9.17, 15) is 9.59 Å². The molecule has 1 heterocycles. The van der Waals surface area contributed by atoms with Crippen molar-refractivity contribution in [3.05, 3.63) is 87.9 Å². The van der Waals surface area contributed by atoms with Gasteiger partial charge in [0.1, 0.15) is 0 Å². The number of carbonyl (C=O) groups is 2. The number of amides is 2. The molecule has 3 aromatic carbocycles. The molecular weight excluding hydrogens is 548 g/mol. The van der Waals surface area contributed by atoms with Gasteiger partial charge in [0.15, 0.2) is 11.5 Å². The first-order chi connectivity index (χ1) is 20.2. The highest BCUT2D eigenvalue weighted by Gasteiger charge is 2.36. The lowest BCUT2D eigenvalue weighted by atomic mass is 9.86. The smallest absolute Gasteiger partial charge is 0.232 e. The molecule has 7 heteroatoms. The quantitative estimate of drug-likeness (QED) is 0.254. The molecule has 1 aliphatic carbocycles. The minimum atomic E-state index is -0.376. The molecule has 1 fully saturated rings. The molecular formula is C35H41ClN2O4. The number of fused-ring (bicyclic) bond motifs is 1. The van der Waals surface area contributed by atoms with E-state index in [2.05, 4.69) is 26.0 Å². The molecule has 42 heavy (non-hydrogen) atoms. The lowest BCUT2D eigenvalue weighted by molar-refractivity contribution is -0.133. The van der Waals surface area contributed by atoms with Crippen molar-refractivity contribution in [2.45, 2.75) is 90.4 Å². The first-order valence-corrected chi connectivity index (χ1v) is 15.4. The maximum Gasteiger partial charge on any atom is 0.232 e. The van der Waals surface area contributed by atoms with Gasteiger partial charge in [0.25, 0.3) is 0 Å². The van der Waals surface area contributed by atoms with Gasteiger partial charge in [-0.1, -0.05) is 55.6 Å². The zero-order chi connectivity index (χ0) is 30.0. The minimum Gasteiger partial charge on any atom is -0.493 e. The third-order valence-corrected chi connectivity index (χ3v) is 9.08. The Morgan fingerprint density at radius 1 is 1.02 bits per heavy atom. The number of methoxy groups -OCH3 is 1. The number of hydrogen-bond acceptors (Lipinski definition) is 4. The largest absolute Gasteiger partial charge is 0.493 e. The van der Waals surface area contributed by atoms with Gasteiger partial charge in [-0.15, -0.1) is 0 Å². The van der Waals surface area contributed by atoms with Crippen molar-refractivity contribution in [3.63, 3.8) is 0 Å². The summed E-state index contributed by atoms with van der Waals surface area (Å²) in [5, 5.41) is 0.638. The molecule has 2 amide bonds. The van der Waals surface area contributed by atoms with Crippen LogP contribution in [0.4, 0.5) is 5.69 Å². The van der Waals surface area contributed by atoms with Crippen LogP contribution in [0.5, 0.6) is 11.5 Å². The number of benzene rings is 3. The fourth-order valence-corrected chi connectivity index (χ4v) is 6.60. The Bertz CT molecular complexity index is 1420. The van der Waals surface area contributed by atoms with Crippen molar-refractivity contribution in [2.75, 3.05) is 12.0 Å². The molecule has 0 N–H and O–H groups in total. The van der Waals surface area contributed by atoms with Crippen molar-refractivity contribution < 1.29 is 19.1 Å². The van der Waals surface area contributed by atoms with Crippen molar-refractivity contribution in [3.8, 4) is 11.5 Å². The molecule has 3 aromatic rings. The molecule has 1 saturated carbocycles. The molecule has 3 unspecified atom stereocenters. The van der Waals surface area contributed by atoms with Crippen molar-refractivity contribution in [1.29, 1.82) is 0 Å². The summed E-state index contributed by atoms with van der Waals surface area (Å²) in [6.45, 7) is 7.88. The fraction of sp³-hybridized carbons (Fsp3) is 0.429. The molecule has 1 aliphatic heterocycles. The Morgan fingerprint density at radius 2 is 1.69 bits per heavy atom. The SMILES string of the molecule is CCC(C)Oc1cc2c(cc1OC)CC(=O)N(c1ccc(C(C)N(C(C)=O)C3CCCC3)cc1)C2c1ccc(Cl)cc1. The Hall–Kier alpha value is -3.51. The van der Waals surface area contributed by atoms with E-state index in [0.717, 1.165) is 47.2 Å². The van der Waals surface area contributed by atoms with Gasteiger partial charge in [0.2, 0.25) is 11.8 Å². The summed E-state index contributed by atoms with van der Waals surface area (Å²) in [6.07, 6.45) is 5.57. The number of hydrogen-bond donors (Lipinski definition) is 0. The zero-order valence-corrected chi connectivity index (χ0v) is 26.0. The summed E-state index contributed by atoms with van der Waals surface area (Å²) in [5.41, 5.74) is 4.73. The van der Waals surface area contributed by atoms with Crippen LogP contribution < -0.4 is 14.4 Å². The molecule has 2 aliphatic rings. The van der Waals surface area contributed by atoms with Crippen molar-refractivity contribution in [2.24, 2.45) is 0 Å². The van der Waals surface area contributed by atoms with Crippen LogP contribution in [0.2, 0.25) is 5.02 Å². The standard InChI is InChI=1S/C35H41ClN2O4/c1-6-22(2)42-33-21-31-27(19-32(33)41-5)20-34(40)38(35(31)26-11-15-28(36)16-12-26)30-17-13-25(14-18-30)23(3)37(24(4)39)29-9-7-8-10-29/h11-19,21-23,29,35H,6-10,20H2,1-5H3. The Kier molecular flexibility index (Phi) is 9.12. The van der Waals surface area contributed by atoms with Crippen molar-refractivity contribution in [1.82, 2.24) is 4.90 Å². The normalized spacial score (nSPS) is 18.4. The Morgan fingerprint density at radius 3 is 2.29 bits per heavy atom. The number of anilines is 1. The second-order valence-corrected chi connectivity index (χ2v) is 12.0. The maximum absolute atomic E-state index is 13.9. The molecule has 0 spiro atoms. The van der Waals surface area contributed by atoms with Gasteiger partial charge in [0.05, 0.1) is 31.7 Å². The molecule has 6 nitrogen and oxygen atoms in total. The van der Waals surface area contributed by atoms with E-state index in [4.69, 9.17) is 21.1 Å². The maximum atomic E-state index is 13.9. The molecule has 222 valence electrons. The predicted octanol–water partition coefficient (Wildman–Crippen LogP) is 8.06. The van der Waals surface area contributed by atoms with Crippen LogP contribution >= 0.6 is 11.6 Å². The first-order valence-electron chi connectivity index (χ1n) is 15.1. The van der Waals surface area contributed by atoms with Gasteiger partial charge in [0, 0.05) is 23.7 Å². The number of ether oxygens (including phenoxy) is 2. The molecule has 0 bridgehead atoms. The van der Waals surface area contributed by atoms with E-state index in [0.29, 0.717) is 16.5 Å². The number of nitrogens with zero attached hydrogens (tertiary/aromatic N) is 2. The van der Waals surface area contributed by atoms with Gasteiger partial charge in [-0.05, 0) is 91.8 Å². The van der Waals surface area contributed by atoms with E-state index in [1.54, 1.807) is 14.0 Å². The fourth-order valence-electron chi connectivity index (χ4n) is 6.48. The van der Waals surface area contributed by atoms with Gasteiger partial charge < -0.3 is 19.3 Å². The predicted molar refractivity (Wildman–Crippen MR) is 167 cm³/mol. The van der Waals surface area contributed by atoms with Gasteiger partial charge >= 0.3 is 0 Å². The zero-order valence-electron chi connectivity index (χ0n) is 25.2. The summed E-state index contributed by atoms with van der Waals surface area (Å²) < 4.78 is 11.9. The second-order valence-electron chi connectivity index (χ2n) is 11.6. The summed E-state index contributed by atoms with van der Waals surface area (Å²) in [7, 11) is 1.63. The molecule has 0 saturated heterocycles. The summed E-state index contributed by atoms with van der Waals surface area (Å²) in [6, 6.07) is 19.6. The van der Waals surface area contributed by atoms with Gasteiger partial charge in [-0.3, -0.25) is 9.59 Å². The lowest BCUT2D eigenvalue weighted by Crippen LogP contribution is -2.41. The summed E-state index contributed by atoms with van der Waals surface area (Å²) in [5.74, 6) is 1.40. The molecule has 0 radical (unpaired) electrons. The first kappa shape index (κ1) is 30.0. The lowest BCUT2D eigenvalue weighted by Gasteiger charge is -2.38. The van der Waals surface area contributed by atoms with Crippen LogP contribution in [0.25, 0.3) is 0 Å². The van der Waals surface area contributed by atoms with Crippen LogP contribution in [0.3, 0.4) is 0 Å². The molecule has 0 aromatic heterocycles. The number of carbonyl (C=O) groups excluding carboxylic acids is 2. The highest BCUT2D eigenvalue weighted by Crippen LogP contribution is 2.44. The van der Waals surface area contributed by atoms with Gasteiger partial charge in [-0.25, -0.2) is 0 Å². The van der Waals surface area contributed by atoms with Crippen LogP contribution in [-0.2, 0) is 16.0 Å². The Balaban J connectivity index is 1.55. The molecule has 5 rings (SSSR count). The van der Waals surface area contributed by atoms with Crippen LogP contribution in [0, 0.1) is 0 Å². The minimum absolute atomic E-state index is 0.00258. The summed E-state index contributed by atoms with van der Waals surface area (Å²) in [4.78, 5) is 30.4. The number of halogens is 1. The molecule has 3 atom stereocenters. The highest BCUT2D eigenvalue weighted by atomic mass is 35.5. The van der Waals surface area contributed by atoms with E-state index in [1.165, 1.54) is 12.8 Å². The highest BCUT2D eigenvalue weighted by molar-refractivity contribution is 6.30. The third kappa shape index (κ3) is 6.00. The van der Waals surface area contributed by atoms with Gasteiger partial charge in [-0.2, -0.15) is 0 Å². The number of rotatable bonds is 9. The van der Waals surface area contributed by atoms with Crippen molar-refractivity contribution >= 4 is 29.1 Å². The second kappa shape index (κ2) is 12.8. The van der Waals surface area contributed by atoms with Crippen LogP contribution in [0.1, 0.15) is 94.1 Å². The van der Waals surface area contributed by atoms with E-state index in [1.807, 2.05) is 65.3 Å². The summed E-state index contributed by atoms with van der Waals surface area (Å²) >= 11 is 6.27. The van der Waals surface area contributed by atoms with E-state index in [-0.39, 0.29) is 42.5 Å². The average Bonchev–Trinajstić information content (AvgIpc) is 3.51. The monoisotopic (exact) mass is 588 g/mol. The topological polar surface area (TPSA) is 59.1 Å². The van der Waals surface area contributed by atoms with E-state index < -0.39 is 0 Å². The third-order valence-electron chi connectivity index (χ3n) is 8.83. The van der Waals surface area contributed by atoms with E-state index >= 15 is 0 Å². The average molecular weight is 589 g/mol. The van der Waals surface area contributed by atoms with Crippen LogP contribution in [0.15, 0.2) is 60.7 Å². The Labute approximate surface area is 254 Å².